The minimum atomic E-state index is 0.0414. The molecule has 1 fully saturated rings. The number of aryl methyl sites for hydroxylation is 2. The summed E-state index contributed by atoms with van der Waals surface area (Å²) in [5, 5.41) is 0. The molecular weight excluding hydrogens is 276 g/mol. The quantitative estimate of drug-likeness (QED) is 0.812. The van der Waals surface area contributed by atoms with Gasteiger partial charge >= 0.3 is 0 Å². The fourth-order valence-corrected chi connectivity index (χ4v) is 3.12. The molecule has 22 heavy (non-hydrogen) atoms. The fourth-order valence-electron chi connectivity index (χ4n) is 3.12. The van der Waals surface area contributed by atoms with Crippen LogP contribution in [-0.2, 0) is 13.6 Å². The number of imidazole rings is 1. The van der Waals surface area contributed by atoms with E-state index in [0.29, 0.717) is 5.82 Å². The molecule has 0 aromatic carbocycles. The topological polar surface area (TPSA) is 51.0 Å². The Labute approximate surface area is 131 Å². The number of carbonyl (C=O) groups excluding carboxylic acids is 1. The Morgan fingerprint density at radius 3 is 3.00 bits per heavy atom. The van der Waals surface area contributed by atoms with Gasteiger partial charge in [0.1, 0.15) is 0 Å². The molecule has 1 unspecified atom stereocenters. The largest absolute Gasteiger partial charge is 0.332 e. The van der Waals surface area contributed by atoms with Gasteiger partial charge in [-0.1, -0.05) is 6.07 Å². The minimum Gasteiger partial charge on any atom is -0.332 e. The van der Waals surface area contributed by atoms with Gasteiger partial charge in [0.2, 0.25) is 5.78 Å². The molecule has 0 aliphatic carbocycles. The number of carbonyl (C=O) groups is 1. The van der Waals surface area contributed by atoms with Crippen LogP contribution in [0.15, 0.2) is 30.6 Å². The summed E-state index contributed by atoms with van der Waals surface area (Å²) in [7, 11) is 1.87. The van der Waals surface area contributed by atoms with Crippen molar-refractivity contribution in [3.63, 3.8) is 0 Å². The third-order valence-corrected chi connectivity index (χ3v) is 4.25. The summed E-state index contributed by atoms with van der Waals surface area (Å²) in [5.41, 5.74) is 2.11. The Morgan fingerprint density at radius 2 is 2.27 bits per heavy atom. The first kappa shape index (κ1) is 14.9. The lowest BCUT2D eigenvalue weighted by molar-refractivity contribution is 0.0796. The number of aromatic nitrogens is 3. The molecule has 0 radical (unpaired) electrons. The third kappa shape index (κ3) is 3.25. The van der Waals surface area contributed by atoms with Crippen LogP contribution in [0.25, 0.3) is 0 Å². The summed E-state index contributed by atoms with van der Waals surface area (Å²) >= 11 is 0. The maximum Gasteiger partial charge on any atom is 0.202 e. The van der Waals surface area contributed by atoms with Crippen LogP contribution in [0, 0.1) is 12.8 Å². The Balaban J connectivity index is 1.67. The maximum absolute atomic E-state index is 12.6. The van der Waals surface area contributed by atoms with Crippen LogP contribution in [0.5, 0.6) is 0 Å². The Bertz CT molecular complexity index is 664. The summed E-state index contributed by atoms with van der Waals surface area (Å²) in [6.07, 6.45) is 5.51. The first-order valence-electron chi connectivity index (χ1n) is 7.80. The Kier molecular flexibility index (Phi) is 4.34. The zero-order valence-electron chi connectivity index (χ0n) is 13.2. The van der Waals surface area contributed by atoms with Crippen LogP contribution >= 0.6 is 0 Å². The van der Waals surface area contributed by atoms with Gasteiger partial charge in [-0.15, -0.1) is 0 Å². The molecule has 3 rings (SSSR count). The zero-order valence-corrected chi connectivity index (χ0v) is 13.2. The number of Topliss-reactive ketones (excluding diaryl/α,β-unsaturated/α-hetero) is 1. The van der Waals surface area contributed by atoms with E-state index in [0.717, 1.165) is 43.9 Å². The molecular formula is C17H22N4O. The maximum atomic E-state index is 12.6. The second kappa shape index (κ2) is 6.40. The van der Waals surface area contributed by atoms with E-state index in [1.165, 1.54) is 0 Å². The van der Waals surface area contributed by atoms with E-state index >= 15 is 0 Å². The molecule has 1 aliphatic rings. The van der Waals surface area contributed by atoms with Crippen LogP contribution in [0.4, 0.5) is 0 Å². The van der Waals surface area contributed by atoms with E-state index in [1.54, 1.807) is 6.20 Å². The van der Waals surface area contributed by atoms with Crippen LogP contribution in [0.2, 0.25) is 0 Å². The summed E-state index contributed by atoms with van der Waals surface area (Å²) in [4.78, 5) is 23.7. The van der Waals surface area contributed by atoms with Crippen molar-refractivity contribution >= 4 is 5.78 Å². The van der Waals surface area contributed by atoms with Gasteiger partial charge in [-0.2, -0.15) is 0 Å². The van der Waals surface area contributed by atoms with Crippen LogP contribution < -0.4 is 0 Å². The fraction of sp³-hybridized carbons (Fsp3) is 0.471. The highest BCUT2D eigenvalue weighted by atomic mass is 16.1. The van der Waals surface area contributed by atoms with Gasteiger partial charge in [-0.25, -0.2) is 4.98 Å². The number of hydrogen-bond donors (Lipinski definition) is 0. The molecule has 2 aromatic heterocycles. The van der Waals surface area contributed by atoms with Gasteiger partial charge in [0.05, 0.1) is 5.69 Å². The molecule has 5 heteroatoms. The lowest BCUT2D eigenvalue weighted by Crippen LogP contribution is -2.39. The summed E-state index contributed by atoms with van der Waals surface area (Å²) < 4.78 is 1.81. The second-order valence-corrected chi connectivity index (χ2v) is 6.07. The van der Waals surface area contributed by atoms with Gasteiger partial charge in [0.25, 0.3) is 0 Å². The summed E-state index contributed by atoms with van der Waals surface area (Å²) in [6, 6.07) is 6.10. The smallest absolute Gasteiger partial charge is 0.202 e. The number of likely N-dealkylation sites (tertiary alicyclic amines) is 1. The molecule has 1 atom stereocenters. The SMILES string of the molecule is Cc1cccc(CN2CCCC(C(=O)c3nccn3C)C2)n1. The highest BCUT2D eigenvalue weighted by Crippen LogP contribution is 2.21. The monoisotopic (exact) mass is 298 g/mol. The first-order chi connectivity index (χ1) is 10.6. The van der Waals surface area contributed by atoms with E-state index < -0.39 is 0 Å². The van der Waals surface area contributed by atoms with Crippen molar-refractivity contribution < 1.29 is 4.79 Å². The molecule has 0 saturated carbocycles. The predicted octanol–water partition coefficient (Wildman–Crippen LogP) is 2.22. The van der Waals surface area contributed by atoms with Crippen LogP contribution in [0.3, 0.4) is 0 Å². The zero-order chi connectivity index (χ0) is 15.5. The molecule has 116 valence electrons. The minimum absolute atomic E-state index is 0.0414. The summed E-state index contributed by atoms with van der Waals surface area (Å²) in [5.74, 6) is 0.773. The number of ketones is 1. The number of rotatable bonds is 4. The van der Waals surface area contributed by atoms with Crippen molar-refractivity contribution in [1.82, 2.24) is 19.4 Å². The van der Waals surface area contributed by atoms with E-state index in [-0.39, 0.29) is 11.7 Å². The number of piperidine rings is 1. The highest BCUT2D eigenvalue weighted by Gasteiger charge is 2.28. The van der Waals surface area contributed by atoms with Crippen molar-refractivity contribution in [2.45, 2.75) is 26.3 Å². The van der Waals surface area contributed by atoms with E-state index in [1.807, 2.05) is 36.9 Å². The number of nitrogens with zero attached hydrogens (tertiary/aromatic N) is 4. The molecule has 1 aliphatic heterocycles. The molecule has 0 N–H and O–H groups in total. The normalized spacial score (nSPS) is 19.3. The van der Waals surface area contributed by atoms with Gasteiger partial charge in [0, 0.05) is 44.1 Å². The molecule has 1 saturated heterocycles. The average molecular weight is 298 g/mol. The van der Waals surface area contributed by atoms with Crippen LogP contribution in [-0.4, -0.2) is 38.3 Å². The van der Waals surface area contributed by atoms with Gasteiger partial charge < -0.3 is 4.57 Å². The molecule has 5 nitrogen and oxygen atoms in total. The summed E-state index contributed by atoms with van der Waals surface area (Å²) in [6.45, 7) is 4.64. The lowest BCUT2D eigenvalue weighted by atomic mass is 9.93. The predicted molar refractivity (Wildman–Crippen MR) is 84.5 cm³/mol. The van der Waals surface area contributed by atoms with Crippen molar-refractivity contribution in [1.29, 1.82) is 0 Å². The van der Waals surface area contributed by atoms with Crippen molar-refractivity contribution in [2.24, 2.45) is 13.0 Å². The van der Waals surface area contributed by atoms with E-state index in [4.69, 9.17) is 0 Å². The van der Waals surface area contributed by atoms with E-state index in [2.05, 4.69) is 20.9 Å². The standard InChI is InChI=1S/C17H22N4O/c1-13-5-3-7-15(19-13)12-21-9-4-6-14(11-21)16(22)17-18-8-10-20(17)2/h3,5,7-8,10,14H,4,6,9,11-12H2,1-2H3. The van der Waals surface area contributed by atoms with Crippen molar-refractivity contribution in [2.75, 3.05) is 13.1 Å². The van der Waals surface area contributed by atoms with Crippen molar-refractivity contribution in [3.05, 3.63) is 47.8 Å². The second-order valence-electron chi connectivity index (χ2n) is 6.07. The molecule has 0 bridgehead atoms. The third-order valence-electron chi connectivity index (χ3n) is 4.25. The molecule has 3 heterocycles. The first-order valence-corrected chi connectivity index (χ1v) is 7.80. The Morgan fingerprint density at radius 1 is 1.41 bits per heavy atom. The number of hydrogen-bond acceptors (Lipinski definition) is 4. The lowest BCUT2D eigenvalue weighted by Gasteiger charge is -2.31. The van der Waals surface area contributed by atoms with Crippen molar-refractivity contribution in [3.8, 4) is 0 Å². The van der Waals surface area contributed by atoms with Crippen LogP contribution in [0.1, 0.15) is 34.8 Å². The Hall–Kier alpha value is -2.01. The highest BCUT2D eigenvalue weighted by molar-refractivity contribution is 5.94. The molecule has 0 amide bonds. The van der Waals surface area contributed by atoms with E-state index in [9.17, 15) is 4.79 Å². The van der Waals surface area contributed by atoms with Gasteiger partial charge in [-0.3, -0.25) is 14.7 Å². The van der Waals surface area contributed by atoms with Gasteiger partial charge in [0.15, 0.2) is 5.82 Å². The number of pyridine rings is 1. The average Bonchev–Trinajstić information content (AvgIpc) is 2.93. The van der Waals surface area contributed by atoms with Gasteiger partial charge in [-0.05, 0) is 38.4 Å². The molecule has 0 spiro atoms. The molecule has 2 aromatic rings.